The van der Waals surface area contributed by atoms with E-state index in [-0.39, 0.29) is 38.0 Å². The summed E-state index contributed by atoms with van der Waals surface area (Å²) in [6.07, 6.45) is 4.82. The molecule has 2 atom stereocenters. The fraction of sp³-hybridized carbons (Fsp3) is 0.320. The number of piperazine rings is 1. The molecule has 2 fully saturated rings. The minimum absolute atomic E-state index is 0.0696. The number of urea groups is 1. The van der Waals surface area contributed by atoms with E-state index in [1.807, 2.05) is 30.3 Å². The van der Waals surface area contributed by atoms with Crippen molar-refractivity contribution in [1.82, 2.24) is 25.1 Å². The second kappa shape index (κ2) is 10.6. The first kappa shape index (κ1) is 24.9. The lowest BCUT2D eigenvalue weighted by molar-refractivity contribution is -0.188. The van der Waals surface area contributed by atoms with E-state index in [1.165, 1.54) is 9.91 Å². The summed E-state index contributed by atoms with van der Waals surface area (Å²) in [6, 6.07) is 13.4. The molecule has 0 unspecified atom stereocenters. The number of hydrazine groups is 1. The lowest BCUT2D eigenvalue weighted by Crippen LogP contribution is -2.75. The van der Waals surface area contributed by atoms with E-state index < -0.39 is 18.2 Å². The molecule has 2 aromatic carbocycles. The number of halogens is 2. The zero-order valence-corrected chi connectivity index (χ0v) is 20.7. The topological polar surface area (TPSA) is 76.2 Å². The lowest BCUT2D eigenvalue weighted by Gasteiger charge is -2.54. The summed E-state index contributed by atoms with van der Waals surface area (Å²) in [7, 11) is 0. The van der Waals surface area contributed by atoms with Crippen molar-refractivity contribution in [2.45, 2.75) is 32.2 Å². The first-order valence-electron chi connectivity index (χ1n) is 11.1. The van der Waals surface area contributed by atoms with Gasteiger partial charge in [0.05, 0.1) is 19.6 Å². The van der Waals surface area contributed by atoms with E-state index in [0.29, 0.717) is 22.2 Å². The Kier molecular flexibility index (Phi) is 7.51. The van der Waals surface area contributed by atoms with Crippen LogP contribution in [0.3, 0.4) is 0 Å². The Balaban J connectivity index is 1.61. The fourth-order valence-electron chi connectivity index (χ4n) is 4.45. The molecule has 35 heavy (non-hydrogen) atoms. The average Bonchev–Trinajstić information content (AvgIpc) is 2.83. The molecule has 1 N–H and O–H groups in total. The van der Waals surface area contributed by atoms with Gasteiger partial charge in [-0.1, -0.05) is 65.5 Å². The van der Waals surface area contributed by atoms with Crippen LogP contribution in [0.4, 0.5) is 4.79 Å². The molecule has 2 aliphatic rings. The van der Waals surface area contributed by atoms with Crippen LogP contribution >= 0.6 is 23.2 Å². The molecule has 0 saturated carbocycles. The molecule has 4 rings (SSSR count). The normalized spacial score (nSPS) is 20.5. The van der Waals surface area contributed by atoms with Gasteiger partial charge in [0, 0.05) is 23.1 Å². The third-order valence-electron chi connectivity index (χ3n) is 6.13. The Hall–Kier alpha value is -3.25. The molecule has 2 aromatic rings. The summed E-state index contributed by atoms with van der Waals surface area (Å²) >= 11 is 12.4. The minimum atomic E-state index is -0.760. The molecule has 182 valence electrons. The highest BCUT2D eigenvalue weighted by Crippen LogP contribution is 2.29. The molecule has 8 nitrogen and oxygen atoms in total. The Morgan fingerprint density at radius 3 is 2.60 bits per heavy atom. The van der Waals surface area contributed by atoms with Crippen LogP contribution in [-0.4, -0.2) is 69.5 Å². The van der Waals surface area contributed by atoms with Gasteiger partial charge in [0.1, 0.15) is 12.2 Å². The standard InChI is InChI=1S/C25H25Cl2N5O3/c1-3-11-30-16-23(33)31-17(2)24(34)29(14-19-9-10-20(26)12-21(19)27)15-22(31)32(30)25(35)28-13-18-7-5-4-6-8-18/h1,4-10,12,17,22H,11,13-16H2,2H3,(H,28,35)/t17-,22-/m0/s1. The number of terminal acetylenes is 1. The number of nitrogens with zero attached hydrogens (tertiary/aromatic N) is 4. The van der Waals surface area contributed by atoms with Crippen LogP contribution in [0.2, 0.25) is 10.0 Å². The van der Waals surface area contributed by atoms with Gasteiger partial charge >= 0.3 is 6.03 Å². The summed E-state index contributed by atoms with van der Waals surface area (Å²) in [4.78, 5) is 42.7. The molecule has 2 saturated heterocycles. The first-order valence-corrected chi connectivity index (χ1v) is 11.9. The number of hydrogen-bond acceptors (Lipinski definition) is 4. The van der Waals surface area contributed by atoms with Gasteiger partial charge in [-0.2, -0.15) is 5.01 Å². The maximum atomic E-state index is 13.4. The number of fused-ring (bicyclic) bond motifs is 1. The second-order valence-corrected chi connectivity index (χ2v) is 9.27. The molecule has 0 bridgehead atoms. The molecular formula is C25H25Cl2N5O3. The van der Waals surface area contributed by atoms with Crippen molar-refractivity contribution in [3.05, 3.63) is 69.7 Å². The van der Waals surface area contributed by atoms with Gasteiger partial charge in [-0.15, -0.1) is 6.42 Å². The molecular weight excluding hydrogens is 489 g/mol. The first-order chi connectivity index (χ1) is 16.8. The van der Waals surface area contributed by atoms with E-state index in [1.54, 1.807) is 35.0 Å². The average molecular weight is 514 g/mol. The molecule has 2 heterocycles. The molecule has 0 radical (unpaired) electrons. The number of nitrogens with one attached hydrogen (secondary N) is 1. The van der Waals surface area contributed by atoms with Gasteiger partial charge in [-0.25, -0.2) is 9.80 Å². The Morgan fingerprint density at radius 1 is 1.17 bits per heavy atom. The highest BCUT2D eigenvalue weighted by atomic mass is 35.5. The van der Waals surface area contributed by atoms with Crippen LogP contribution in [0.5, 0.6) is 0 Å². The van der Waals surface area contributed by atoms with Crippen LogP contribution in [0.1, 0.15) is 18.1 Å². The van der Waals surface area contributed by atoms with Crippen LogP contribution in [0.15, 0.2) is 48.5 Å². The zero-order chi connectivity index (χ0) is 25.1. The monoisotopic (exact) mass is 513 g/mol. The highest BCUT2D eigenvalue weighted by Gasteiger charge is 2.49. The number of carbonyl (C=O) groups excluding carboxylic acids is 3. The molecule has 0 aliphatic carbocycles. The molecule has 10 heteroatoms. The van der Waals surface area contributed by atoms with E-state index in [4.69, 9.17) is 29.6 Å². The third-order valence-corrected chi connectivity index (χ3v) is 6.72. The van der Waals surface area contributed by atoms with Gasteiger partial charge in [0.2, 0.25) is 11.8 Å². The van der Waals surface area contributed by atoms with Crippen molar-refractivity contribution in [3.8, 4) is 12.3 Å². The molecule has 2 aliphatic heterocycles. The highest BCUT2D eigenvalue weighted by molar-refractivity contribution is 6.35. The van der Waals surface area contributed by atoms with Gasteiger partial charge in [0.25, 0.3) is 0 Å². The summed E-state index contributed by atoms with van der Waals surface area (Å²) in [5.74, 6) is 2.03. The summed E-state index contributed by atoms with van der Waals surface area (Å²) in [5, 5.41) is 6.84. The lowest BCUT2D eigenvalue weighted by atomic mass is 10.1. The minimum Gasteiger partial charge on any atom is -0.333 e. The predicted molar refractivity (Wildman–Crippen MR) is 133 cm³/mol. The van der Waals surface area contributed by atoms with E-state index >= 15 is 0 Å². The van der Waals surface area contributed by atoms with Gasteiger partial charge in [0.15, 0.2) is 0 Å². The van der Waals surface area contributed by atoms with Crippen LogP contribution < -0.4 is 5.32 Å². The van der Waals surface area contributed by atoms with E-state index in [0.717, 1.165) is 5.56 Å². The Labute approximate surface area is 214 Å². The SMILES string of the molecule is C#CCN1CC(=O)N2[C@@H](C)C(=O)N(Cc3ccc(Cl)cc3Cl)C[C@@H]2N1C(=O)NCc1ccccc1. The van der Waals surface area contributed by atoms with Crippen molar-refractivity contribution in [1.29, 1.82) is 0 Å². The van der Waals surface area contributed by atoms with Crippen LogP contribution in [-0.2, 0) is 22.7 Å². The summed E-state index contributed by atoms with van der Waals surface area (Å²) in [6.45, 7) is 2.26. The number of benzene rings is 2. The second-order valence-electron chi connectivity index (χ2n) is 8.43. The number of carbonyl (C=O) groups is 3. The maximum Gasteiger partial charge on any atom is 0.334 e. The Bertz CT molecular complexity index is 1170. The van der Waals surface area contributed by atoms with E-state index in [2.05, 4.69) is 11.2 Å². The fourth-order valence-corrected chi connectivity index (χ4v) is 4.92. The smallest absolute Gasteiger partial charge is 0.333 e. The zero-order valence-electron chi connectivity index (χ0n) is 19.2. The number of hydrogen-bond donors (Lipinski definition) is 1. The van der Waals surface area contributed by atoms with Crippen LogP contribution in [0.25, 0.3) is 0 Å². The largest absolute Gasteiger partial charge is 0.334 e. The van der Waals surface area contributed by atoms with Crippen molar-refractivity contribution in [2.75, 3.05) is 19.6 Å². The molecule has 4 amide bonds. The predicted octanol–water partition coefficient (Wildman–Crippen LogP) is 2.95. The summed E-state index contributed by atoms with van der Waals surface area (Å²) < 4.78 is 0. The van der Waals surface area contributed by atoms with Crippen molar-refractivity contribution in [3.63, 3.8) is 0 Å². The Morgan fingerprint density at radius 2 is 1.91 bits per heavy atom. The number of rotatable bonds is 5. The van der Waals surface area contributed by atoms with E-state index in [9.17, 15) is 14.4 Å². The maximum absolute atomic E-state index is 13.4. The van der Waals surface area contributed by atoms with Gasteiger partial charge < -0.3 is 15.1 Å². The van der Waals surface area contributed by atoms with Gasteiger partial charge in [-0.3, -0.25) is 9.59 Å². The molecule has 0 aromatic heterocycles. The molecule has 0 spiro atoms. The van der Waals surface area contributed by atoms with Crippen LogP contribution in [0, 0.1) is 12.3 Å². The number of amides is 4. The van der Waals surface area contributed by atoms with Gasteiger partial charge in [-0.05, 0) is 30.2 Å². The summed E-state index contributed by atoms with van der Waals surface area (Å²) in [5.41, 5.74) is 1.65. The third kappa shape index (κ3) is 5.22. The quantitative estimate of drug-likeness (QED) is 0.623. The van der Waals surface area contributed by atoms with Crippen molar-refractivity contribution in [2.24, 2.45) is 0 Å². The van der Waals surface area contributed by atoms with Crippen molar-refractivity contribution >= 4 is 41.0 Å². The van der Waals surface area contributed by atoms with Crippen molar-refractivity contribution < 1.29 is 14.4 Å².